The molecule has 0 aromatic carbocycles. The lowest BCUT2D eigenvalue weighted by molar-refractivity contribution is -0.139. The van der Waals surface area contributed by atoms with Crippen LogP contribution in [-0.2, 0) is 17.8 Å². The summed E-state index contributed by atoms with van der Waals surface area (Å²) in [5.74, 6) is -0.990. The first-order valence-electron chi connectivity index (χ1n) is 6.41. The van der Waals surface area contributed by atoms with Crippen molar-refractivity contribution in [2.24, 2.45) is 0 Å². The number of fused-ring (bicyclic) bond motifs is 1. The van der Waals surface area contributed by atoms with Crippen LogP contribution in [0.25, 0.3) is 0 Å². The fraction of sp³-hybridized carbons (Fsp3) is 0.583. The number of carboxylic acid groups (broad SMARTS) is 1. The summed E-state index contributed by atoms with van der Waals surface area (Å²) in [6.07, 6.45) is 3.57. The molecule has 0 spiro atoms. The lowest BCUT2D eigenvalue weighted by Gasteiger charge is -2.28. The number of urea groups is 1. The molecule has 1 aliphatic rings. The first kappa shape index (κ1) is 13.4. The number of hydrogen-bond donors (Lipinski definition) is 3. The number of carbonyl (C=O) groups excluding carboxylic acids is 1. The Morgan fingerprint density at radius 3 is 3.11 bits per heavy atom. The largest absolute Gasteiger partial charge is 0.480 e. The molecule has 0 unspecified atom stereocenters. The zero-order chi connectivity index (χ0) is 13.8. The number of H-pyrrole nitrogens is 1. The van der Waals surface area contributed by atoms with E-state index in [1.165, 1.54) is 0 Å². The molecule has 2 amide bonds. The maximum atomic E-state index is 12.0. The highest BCUT2D eigenvalue weighted by Crippen LogP contribution is 2.16. The zero-order valence-corrected chi connectivity index (χ0v) is 10.8. The Bertz CT molecular complexity index is 471. The topological polar surface area (TPSA) is 98.3 Å². The van der Waals surface area contributed by atoms with Crippen LogP contribution in [0.15, 0.2) is 6.20 Å². The van der Waals surface area contributed by atoms with Crippen molar-refractivity contribution in [1.29, 1.82) is 0 Å². The van der Waals surface area contributed by atoms with Crippen molar-refractivity contribution in [2.45, 2.75) is 38.8 Å². The van der Waals surface area contributed by atoms with E-state index in [0.29, 0.717) is 32.4 Å². The predicted octanol–water partition coefficient (Wildman–Crippen LogP) is 0.731. The smallest absolute Gasteiger partial charge is 0.326 e. The maximum absolute atomic E-state index is 12.0. The van der Waals surface area contributed by atoms with Gasteiger partial charge in [0.05, 0.1) is 12.7 Å². The zero-order valence-electron chi connectivity index (χ0n) is 10.8. The minimum absolute atomic E-state index is 0.326. The lowest BCUT2D eigenvalue weighted by Crippen LogP contribution is -2.49. The maximum Gasteiger partial charge on any atom is 0.326 e. The number of aromatic amines is 1. The Kier molecular flexibility index (Phi) is 4.03. The molecule has 7 nitrogen and oxygen atoms in total. The Morgan fingerprint density at radius 1 is 1.63 bits per heavy atom. The van der Waals surface area contributed by atoms with Crippen molar-refractivity contribution in [1.82, 2.24) is 20.4 Å². The summed E-state index contributed by atoms with van der Waals surface area (Å²) < 4.78 is 0. The quantitative estimate of drug-likeness (QED) is 0.748. The third kappa shape index (κ3) is 3.04. The van der Waals surface area contributed by atoms with Gasteiger partial charge in [-0.05, 0) is 6.42 Å². The second kappa shape index (κ2) is 5.73. The summed E-state index contributed by atoms with van der Waals surface area (Å²) in [4.78, 5) is 24.7. The standard InChI is InChI=1S/C12H18N4O3/c1-2-3-10(11(17)18)14-12(19)16-5-4-9-8(7-16)6-13-15-9/h6,10H,2-5,7H2,1H3,(H,13,15)(H,14,19)(H,17,18)/t10-/m1/s1. The molecule has 0 bridgehead atoms. The van der Waals surface area contributed by atoms with Crippen molar-refractivity contribution < 1.29 is 14.7 Å². The molecule has 2 rings (SSSR count). The Hall–Kier alpha value is -2.05. The molecule has 19 heavy (non-hydrogen) atoms. The average Bonchev–Trinajstić information content (AvgIpc) is 2.85. The molecule has 1 aliphatic heterocycles. The molecule has 2 heterocycles. The number of amides is 2. The van der Waals surface area contributed by atoms with Gasteiger partial charge in [0.2, 0.25) is 0 Å². The fourth-order valence-electron chi connectivity index (χ4n) is 2.18. The van der Waals surface area contributed by atoms with Crippen LogP contribution >= 0.6 is 0 Å². The second-order valence-electron chi connectivity index (χ2n) is 4.67. The SMILES string of the molecule is CCC[C@@H](NC(=O)N1CCc2[nH]ncc2C1)C(=O)O. The average molecular weight is 266 g/mol. The minimum atomic E-state index is -0.990. The van der Waals surface area contributed by atoms with E-state index < -0.39 is 12.0 Å². The van der Waals surface area contributed by atoms with E-state index in [0.717, 1.165) is 11.3 Å². The van der Waals surface area contributed by atoms with Gasteiger partial charge in [-0.15, -0.1) is 0 Å². The van der Waals surface area contributed by atoms with Gasteiger partial charge in [-0.25, -0.2) is 9.59 Å². The lowest BCUT2D eigenvalue weighted by atomic mass is 10.1. The molecule has 1 aromatic rings. The summed E-state index contributed by atoms with van der Waals surface area (Å²) in [7, 11) is 0. The van der Waals surface area contributed by atoms with Gasteiger partial charge in [-0.2, -0.15) is 5.10 Å². The van der Waals surface area contributed by atoms with Crippen LogP contribution in [0.5, 0.6) is 0 Å². The van der Waals surface area contributed by atoms with Gasteiger partial charge in [-0.3, -0.25) is 5.10 Å². The van der Waals surface area contributed by atoms with Crippen LogP contribution in [0.3, 0.4) is 0 Å². The molecule has 0 fully saturated rings. The van der Waals surface area contributed by atoms with Gasteiger partial charge in [0.1, 0.15) is 6.04 Å². The first-order valence-corrected chi connectivity index (χ1v) is 6.41. The number of nitrogens with zero attached hydrogens (tertiary/aromatic N) is 2. The summed E-state index contributed by atoms with van der Waals surface area (Å²) >= 11 is 0. The van der Waals surface area contributed by atoms with Gasteiger partial charge < -0.3 is 15.3 Å². The number of aromatic nitrogens is 2. The van der Waals surface area contributed by atoms with Crippen LogP contribution in [0, 0.1) is 0 Å². The monoisotopic (exact) mass is 266 g/mol. The Labute approximate surface area is 111 Å². The van der Waals surface area contributed by atoms with Crippen LogP contribution < -0.4 is 5.32 Å². The highest BCUT2D eigenvalue weighted by molar-refractivity contribution is 5.82. The van der Waals surface area contributed by atoms with Crippen LogP contribution in [0.1, 0.15) is 31.0 Å². The van der Waals surface area contributed by atoms with Gasteiger partial charge >= 0.3 is 12.0 Å². The van der Waals surface area contributed by atoms with Crippen molar-refractivity contribution in [3.8, 4) is 0 Å². The van der Waals surface area contributed by atoms with Crippen molar-refractivity contribution in [3.05, 3.63) is 17.5 Å². The third-order valence-electron chi connectivity index (χ3n) is 3.26. The molecule has 0 radical (unpaired) electrons. The molecular formula is C12H18N4O3. The molecule has 0 saturated heterocycles. The van der Waals surface area contributed by atoms with Gasteiger partial charge in [0.25, 0.3) is 0 Å². The van der Waals surface area contributed by atoms with E-state index in [1.54, 1.807) is 11.1 Å². The number of nitrogens with one attached hydrogen (secondary N) is 2. The Balaban J connectivity index is 1.95. The van der Waals surface area contributed by atoms with E-state index in [4.69, 9.17) is 5.11 Å². The third-order valence-corrected chi connectivity index (χ3v) is 3.26. The van der Waals surface area contributed by atoms with E-state index in [9.17, 15) is 9.59 Å². The van der Waals surface area contributed by atoms with Crippen molar-refractivity contribution in [2.75, 3.05) is 6.54 Å². The number of aliphatic carboxylic acids is 1. The minimum Gasteiger partial charge on any atom is -0.480 e. The Morgan fingerprint density at radius 2 is 2.42 bits per heavy atom. The van der Waals surface area contributed by atoms with Crippen molar-refractivity contribution >= 4 is 12.0 Å². The number of carbonyl (C=O) groups is 2. The van der Waals surface area contributed by atoms with E-state index >= 15 is 0 Å². The van der Waals surface area contributed by atoms with E-state index in [2.05, 4.69) is 15.5 Å². The molecule has 0 saturated carbocycles. The highest BCUT2D eigenvalue weighted by Gasteiger charge is 2.25. The highest BCUT2D eigenvalue weighted by atomic mass is 16.4. The fourth-order valence-corrected chi connectivity index (χ4v) is 2.18. The van der Waals surface area contributed by atoms with Gasteiger partial charge in [-0.1, -0.05) is 13.3 Å². The second-order valence-corrected chi connectivity index (χ2v) is 4.67. The van der Waals surface area contributed by atoms with Crippen molar-refractivity contribution in [3.63, 3.8) is 0 Å². The number of hydrogen-bond acceptors (Lipinski definition) is 3. The molecule has 0 aliphatic carbocycles. The molecule has 7 heteroatoms. The number of rotatable bonds is 4. The molecule has 104 valence electrons. The van der Waals surface area contributed by atoms with Crippen LogP contribution in [-0.4, -0.2) is 44.8 Å². The normalized spacial score (nSPS) is 15.7. The van der Waals surface area contributed by atoms with Crippen LogP contribution in [0.2, 0.25) is 0 Å². The van der Waals surface area contributed by atoms with E-state index in [-0.39, 0.29) is 6.03 Å². The van der Waals surface area contributed by atoms with Gasteiger partial charge in [0.15, 0.2) is 0 Å². The summed E-state index contributed by atoms with van der Waals surface area (Å²) in [6, 6.07) is -1.14. The number of carboxylic acids is 1. The summed E-state index contributed by atoms with van der Waals surface area (Å²) in [5, 5.41) is 18.4. The molecular weight excluding hydrogens is 248 g/mol. The predicted molar refractivity (Wildman–Crippen MR) is 67.6 cm³/mol. The van der Waals surface area contributed by atoms with Gasteiger partial charge in [0, 0.05) is 24.2 Å². The molecule has 1 atom stereocenters. The summed E-state index contributed by atoms with van der Waals surface area (Å²) in [6.45, 7) is 2.93. The molecule has 3 N–H and O–H groups in total. The molecule has 1 aromatic heterocycles. The summed E-state index contributed by atoms with van der Waals surface area (Å²) in [5.41, 5.74) is 2.04. The van der Waals surface area contributed by atoms with Crippen LogP contribution in [0.4, 0.5) is 4.79 Å². The first-order chi connectivity index (χ1) is 9.11. The van der Waals surface area contributed by atoms with E-state index in [1.807, 2.05) is 6.92 Å².